The Hall–Kier alpha value is -2.50. The maximum absolute atomic E-state index is 12.9. The van der Waals surface area contributed by atoms with Crippen LogP contribution >= 0.6 is 0 Å². The summed E-state index contributed by atoms with van der Waals surface area (Å²) in [5.41, 5.74) is 2.63. The Bertz CT molecular complexity index is 904. The minimum Gasteiger partial charge on any atom is -0.389 e. The number of ether oxygens (including phenoxy) is 1. The van der Waals surface area contributed by atoms with Crippen molar-refractivity contribution in [2.24, 2.45) is 5.41 Å². The van der Waals surface area contributed by atoms with E-state index in [4.69, 9.17) is 4.74 Å². The maximum atomic E-state index is 12.9. The summed E-state index contributed by atoms with van der Waals surface area (Å²) in [5.74, 6) is -0.276. The van der Waals surface area contributed by atoms with Gasteiger partial charge in [0.2, 0.25) is 11.8 Å². The van der Waals surface area contributed by atoms with Crippen LogP contribution in [0.1, 0.15) is 54.9 Å². The number of imide groups is 1. The normalized spacial score (nSPS) is 20.1. The van der Waals surface area contributed by atoms with Gasteiger partial charge in [-0.2, -0.15) is 0 Å². The second-order valence-electron chi connectivity index (χ2n) is 8.61. The van der Waals surface area contributed by atoms with Gasteiger partial charge in [0.25, 0.3) is 0 Å². The van der Waals surface area contributed by atoms with Gasteiger partial charge in [0.05, 0.1) is 24.7 Å². The topological polar surface area (TPSA) is 66.8 Å². The van der Waals surface area contributed by atoms with Crippen molar-refractivity contribution in [3.05, 3.63) is 71.3 Å². The number of rotatable bonds is 7. The molecule has 1 heterocycles. The molecular formula is C25H29NO4. The zero-order valence-corrected chi connectivity index (χ0v) is 17.4. The zero-order chi connectivity index (χ0) is 21.1. The Kier molecular flexibility index (Phi) is 6.02. The molecular weight excluding hydrogens is 378 g/mol. The predicted molar refractivity (Wildman–Crippen MR) is 114 cm³/mol. The van der Waals surface area contributed by atoms with Crippen molar-refractivity contribution in [3.8, 4) is 0 Å². The van der Waals surface area contributed by atoms with E-state index in [0.29, 0.717) is 0 Å². The molecule has 1 N–H and O–H groups in total. The van der Waals surface area contributed by atoms with Gasteiger partial charge in [-0.05, 0) is 36.5 Å². The Morgan fingerprint density at radius 3 is 2.40 bits per heavy atom. The summed E-state index contributed by atoms with van der Waals surface area (Å²) in [6.07, 6.45) is 2.59. The van der Waals surface area contributed by atoms with Crippen LogP contribution in [0.5, 0.6) is 0 Å². The lowest BCUT2D eigenvalue weighted by Crippen LogP contribution is -2.41. The minimum atomic E-state index is -0.926. The molecule has 2 amide bonds. The number of benzene rings is 2. The van der Waals surface area contributed by atoms with Gasteiger partial charge in [-0.15, -0.1) is 0 Å². The van der Waals surface area contributed by atoms with Gasteiger partial charge in [0.1, 0.15) is 6.10 Å². The van der Waals surface area contributed by atoms with Gasteiger partial charge in [0.15, 0.2) is 0 Å². The number of hydrogen-bond acceptors (Lipinski definition) is 4. The molecule has 1 spiro atoms. The predicted octanol–water partition coefficient (Wildman–Crippen LogP) is 3.78. The highest BCUT2D eigenvalue weighted by molar-refractivity contribution is 6.06. The lowest BCUT2D eigenvalue weighted by atomic mass is 9.84. The van der Waals surface area contributed by atoms with Gasteiger partial charge >= 0.3 is 0 Å². The molecule has 0 aromatic heterocycles. The number of carbonyl (C=O) groups is 2. The summed E-state index contributed by atoms with van der Waals surface area (Å²) in [5, 5.41) is 10.6. The number of aliphatic hydroxyl groups excluding tert-OH is 1. The molecule has 2 aliphatic rings. The molecule has 1 saturated carbocycles. The van der Waals surface area contributed by atoms with E-state index in [-0.39, 0.29) is 37.5 Å². The van der Waals surface area contributed by atoms with Crippen molar-refractivity contribution in [2.45, 2.75) is 51.2 Å². The van der Waals surface area contributed by atoms with E-state index in [1.807, 2.05) is 61.5 Å². The molecule has 0 unspecified atom stereocenters. The molecule has 2 atom stereocenters. The molecule has 5 heteroatoms. The summed E-state index contributed by atoms with van der Waals surface area (Å²) >= 11 is 0. The van der Waals surface area contributed by atoms with Crippen LogP contribution in [0.15, 0.2) is 54.6 Å². The molecule has 30 heavy (non-hydrogen) atoms. The number of likely N-dealkylation sites (tertiary alicyclic amines) is 1. The largest absolute Gasteiger partial charge is 0.389 e. The van der Waals surface area contributed by atoms with Crippen LogP contribution in [0.25, 0.3) is 0 Å². The highest BCUT2D eigenvalue weighted by Gasteiger charge is 2.52. The molecule has 1 aliphatic carbocycles. The van der Waals surface area contributed by atoms with Crippen LogP contribution < -0.4 is 0 Å². The van der Waals surface area contributed by atoms with E-state index >= 15 is 0 Å². The van der Waals surface area contributed by atoms with E-state index < -0.39 is 11.5 Å². The van der Waals surface area contributed by atoms with Crippen LogP contribution in [-0.4, -0.2) is 41.1 Å². The first-order valence-corrected chi connectivity index (χ1v) is 10.8. The fraction of sp³-hybridized carbons (Fsp3) is 0.440. The lowest BCUT2D eigenvalue weighted by molar-refractivity contribution is -0.143. The molecule has 2 aromatic rings. The van der Waals surface area contributed by atoms with Crippen molar-refractivity contribution in [1.29, 1.82) is 0 Å². The van der Waals surface area contributed by atoms with Gasteiger partial charge in [-0.1, -0.05) is 67.4 Å². The molecule has 4 rings (SSSR count). The summed E-state index contributed by atoms with van der Waals surface area (Å²) in [6.45, 7) is 2.07. The van der Waals surface area contributed by atoms with Crippen molar-refractivity contribution in [3.63, 3.8) is 0 Å². The van der Waals surface area contributed by atoms with Crippen molar-refractivity contribution < 1.29 is 19.4 Å². The molecule has 0 radical (unpaired) electrons. The number of hydrogen-bond donors (Lipinski definition) is 1. The number of β-amino-alcohol motifs (C(OH)–C–C–N with tert-alkyl or cyclic N) is 1. The Morgan fingerprint density at radius 1 is 1.03 bits per heavy atom. The first kappa shape index (κ1) is 20.8. The third-order valence-electron chi connectivity index (χ3n) is 6.47. The van der Waals surface area contributed by atoms with Crippen LogP contribution in [0, 0.1) is 12.3 Å². The molecule has 2 fully saturated rings. The van der Waals surface area contributed by atoms with Crippen LogP contribution in [0.2, 0.25) is 0 Å². The molecule has 2 aromatic carbocycles. The van der Waals surface area contributed by atoms with E-state index in [1.165, 1.54) is 4.90 Å². The SMILES string of the molecule is Cc1ccccc1[C@@H](OC[C@@H](O)CN1C(=O)CC2(CCCC2)C1=O)c1ccccc1. The highest BCUT2D eigenvalue weighted by atomic mass is 16.5. The standard InChI is InChI=1S/C25H29NO4/c1-18-9-5-6-12-21(18)23(19-10-3-2-4-11-19)30-17-20(27)16-26-22(28)15-25(24(26)29)13-7-8-14-25/h2-6,9-12,20,23,27H,7-8,13-17H2,1H3/t20-,23-/m0/s1. The van der Waals surface area contributed by atoms with Gasteiger partial charge < -0.3 is 9.84 Å². The number of nitrogens with zero attached hydrogens (tertiary/aromatic N) is 1. The highest BCUT2D eigenvalue weighted by Crippen LogP contribution is 2.46. The molecule has 5 nitrogen and oxygen atoms in total. The van der Waals surface area contributed by atoms with Gasteiger partial charge in [0, 0.05) is 6.42 Å². The van der Waals surface area contributed by atoms with E-state index in [2.05, 4.69) is 0 Å². The third kappa shape index (κ3) is 4.05. The monoisotopic (exact) mass is 407 g/mol. The first-order chi connectivity index (χ1) is 14.5. The van der Waals surface area contributed by atoms with Crippen molar-refractivity contribution in [1.82, 2.24) is 4.90 Å². The van der Waals surface area contributed by atoms with Crippen LogP contribution in [0.3, 0.4) is 0 Å². The summed E-state index contributed by atoms with van der Waals surface area (Å²) in [4.78, 5) is 26.6. The maximum Gasteiger partial charge on any atom is 0.235 e. The fourth-order valence-electron chi connectivity index (χ4n) is 4.83. The van der Waals surface area contributed by atoms with Crippen LogP contribution in [0.4, 0.5) is 0 Å². The fourth-order valence-corrected chi connectivity index (χ4v) is 4.83. The van der Waals surface area contributed by atoms with E-state index in [0.717, 1.165) is 42.4 Å². The second kappa shape index (κ2) is 8.70. The Balaban J connectivity index is 1.44. The third-order valence-corrected chi connectivity index (χ3v) is 6.47. The van der Waals surface area contributed by atoms with Crippen LogP contribution in [-0.2, 0) is 14.3 Å². The average Bonchev–Trinajstić information content (AvgIpc) is 3.31. The summed E-state index contributed by atoms with van der Waals surface area (Å²) in [7, 11) is 0. The van der Waals surface area contributed by atoms with E-state index in [9.17, 15) is 14.7 Å². The molecule has 1 saturated heterocycles. The molecule has 0 bridgehead atoms. The Labute approximate surface area is 177 Å². The van der Waals surface area contributed by atoms with E-state index in [1.54, 1.807) is 0 Å². The minimum absolute atomic E-state index is 0.00526. The summed E-state index contributed by atoms with van der Waals surface area (Å²) < 4.78 is 6.16. The molecule has 158 valence electrons. The number of amides is 2. The van der Waals surface area contributed by atoms with Crippen molar-refractivity contribution >= 4 is 11.8 Å². The quantitative estimate of drug-likeness (QED) is 0.710. The smallest absolute Gasteiger partial charge is 0.235 e. The lowest BCUT2D eigenvalue weighted by Gasteiger charge is -2.25. The number of aryl methyl sites for hydroxylation is 1. The second-order valence-corrected chi connectivity index (χ2v) is 8.61. The Morgan fingerprint density at radius 2 is 1.70 bits per heavy atom. The van der Waals surface area contributed by atoms with Crippen molar-refractivity contribution in [2.75, 3.05) is 13.2 Å². The first-order valence-electron chi connectivity index (χ1n) is 10.8. The van der Waals surface area contributed by atoms with Gasteiger partial charge in [-0.25, -0.2) is 0 Å². The number of aliphatic hydroxyl groups is 1. The zero-order valence-electron chi connectivity index (χ0n) is 17.4. The number of carbonyl (C=O) groups excluding carboxylic acids is 2. The summed E-state index contributed by atoms with van der Waals surface area (Å²) in [6, 6.07) is 17.9. The average molecular weight is 408 g/mol. The van der Waals surface area contributed by atoms with Gasteiger partial charge in [-0.3, -0.25) is 14.5 Å². The molecule has 1 aliphatic heterocycles.